The molecule has 218 valence electrons. The summed E-state index contributed by atoms with van der Waals surface area (Å²) in [5.41, 5.74) is 5.94. The zero-order valence-electron chi connectivity index (χ0n) is 25.2. The van der Waals surface area contributed by atoms with Gasteiger partial charge in [-0.1, -0.05) is 62.2 Å². The molecule has 42 heavy (non-hydrogen) atoms. The van der Waals surface area contributed by atoms with E-state index >= 15 is 0 Å². The van der Waals surface area contributed by atoms with Crippen molar-refractivity contribution in [3.63, 3.8) is 0 Å². The Morgan fingerprint density at radius 1 is 1.19 bits per heavy atom. The number of fused-ring (bicyclic) bond motifs is 2. The molecule has 0 amide bonds. The molecule has 4 aromatic rings. The molecule has 0 saturated heterocycles. The minimum absolute atomic E-state index is 0.270. The molecular weight excluding hydrogens is 561 g/mol. The topological polar surface area (TPSA) is 89.9 Å². The van der Waals surface area contributed by atoms with Gasteiger partial charge in [0.25, 0.3) is 0 Å². The summed E-state index contributed by atoms with van der Waals surface area (Å²) in [4.78, 5) is 4.91. The predicted octanol–water partition coefficient (Wildman–Crippen LogP) is 7.39. The van der Waals surface area contributed by atoms with Crippen molar-refractivity contribution < 1.29 is 13.2 Å². The van der Waals surface area contributed by atoms with E-state index in [1.165, 1.54) is 3.97 Å². The first-order valence-corrected chi connectivity index (χ1v) is 19.3. The number of allylic oxidation sites excluding steroid dienone is 3. The zero-order chi connectivity index (χ0) is 30.4. The molecule has 9 heteroatoms. The summed E-state index contributed by atoms with van der Waals surface area (Å²) in [6.45, 7) is 17.9. The van der Waals surface area contributed by atoms with Crippen LogP contribution in [0.4, 0.5) is 0 Å². The normalized spacial score (nSPS) is 17.5. The smallest absolute Gasteiger partial charge is 0.248 e. The highest BCUT2D eigenvalue weighted by atomic mass is 32.2. The Hall–Kier alpha value is -3.71. The molecule has 0 saturated carbocycles. The second kappa shape index (κ2) is 10.8. The Balaban J connectivity index is 1.61. The fraction of sp³-hybridized carbons (Fsp3) is 0.333. The number of aromatic nitrogens is 3. The Bertz CT molecular complexity index is 1930. The van der Waals surface area contributed by atoms with Gasteiger partial charge in [0.15, 0.2) is 0 Å². The van der Waals surface area contributed by atoms with Gasteiger partial charge >= 0.3 is 0 Å². The molecule has 2 heterocycles. The average Bonchev–Trinajstić information content (AvgIpc) is 3.53. The molecule has 0 bridgehead atoms. The molecule has 0 fully saturated rings. The van der Waals surface area contributed by atoms with Crippen molar-refractivity contribution in [3.8, 4) is 6.07 Å². The quantitative estimate of drug-likeness (QED) is 0.148. The van der Waals surface area contributed by atoms with Gasteiger partial charge in [-0.15, -0.1) is 0 Å². The Morgan fingerprint density at radius 3 is 2.64 bits per heavy atom. The largest absolute Gasteiger partial charge is 0.361 e. The van der Waals surface area contributed by atoms with Crippen LogP contribution in [-0.2, 0) is 21.5 Å². The monoisotopic (exact) mass is 598 g/mol. The maximum atomic E-state index is 14.1. The lowest BCUT2D eigenvalue weighted by Gasteiger charge is -2.28. The molecule has 0 N–H and O–H groups in total. The molecule has 0 spiro atoms. The van der Waals surface area contributed by atoms with Crippen LogP contribution in [0.3, 0.4) is 0 Å². The number of ether oxygens (including phenoxy) is 1. The van der Waals surface area contributed by atoms with Gasteiger partial charge in [0.05, 0.1) is 28.2 Å². The van der Waals surface area contributed by atoms with Crippen LogP contribution in [0.5, 0.6) is 0 Å². The SMILES string of the molecule is C=C(c1ccc(C)c2c1ccn2S(=O)(=O)C1(C)C=C(C)C=CC1)c1nc2ccc(C#N)cc2n1COCC[Si](C)(C)C. The van der Waals surface area contributed by atoms with Crippen LogP contribution >= 0.6 is 0 Å². The van der Waals surface area contributed by atoms with Gasteiger partial charge < -0.3 is 4.74 Å². The van der Waals surface area contributed by atoms with E-state index < -0.39 is 22.8 Å². The molecule has 1 aliphatic carbocycles. The molecule has 1 atom stereocenters. The van der Waals surface area contributed by atoms with Crippen LogP contribution in [0, 0.1) is 18.3 Å². The van der Waals surface area contributed by atoms with Crippen LogP contribution in [-0.4, -0.2) is 41.4 Å². The van der Waals surface area contributed by atoms with E-state index in [1.54, 1.807) is 19.2 Å². The molecule has 0 aliphatic heterocycles. The molecule has 1 aliphatic rings. The lowest BCUT2D eigenvalue weighted by atomic mass is 9.98. The van der Waals surface area contributed by atoms with E-state index in [0.29, 0.717) is 35.5 Å². The third kappa shape index (κ3) is 5.31. The summed E-state index contributed by atoms with van der Waals surface area (Å²) in [6.07, 6.45) is 7.78. The van der Waals surface area contributed by atoms with Crippen LogP contribution in [0.15, 0.2) is 73.0 Å². The summed E-state index contributed by atoms with van der Waals surface area (Å²) in [7, 11) is -5.06. The number of rotatable bonds is 9. The first-order chi connectivity index (χ1) is 19.8. The summed E-state index contributed by atoms with van der Waals surface area (Å²) in [5, 5.41) is 10.3. The van der Waals surface area contributed by atoms with E-state index in [9.17, 15) is 13.7 Å². The van der Waals surface area contributed by atoms with Gasteiger partial charge in [0.1, 0.15) is 17.3 Å². The molecule has 2 aromatic carbocycles. The number of nitrogens with zero attached hydrogens (tertiary/aromatic N) is 4. The number of nitriles is 1. The van der Waals surface area contributed by atoms with Crippen LogP contribution < -0.4 is 0 Å². The number of benzene rings is 2. The summed E-state index contributed by atoms with van der Waals surface area (Å²) in [5.74, 6) is 0.622. The Kier molecular flexibility index (Phi) is 7.69. The molecule has 2 aromatic heterocycles. The second-order valence-electron chi connectivity index (χ2n) is 12.6. The molecule has 1 unspecified atom stereocenters. The summed E-state index contributed by atoms with van der Waals surface area (Å²) >= 11 is 0. The number of hydrogen-bond donors (Lipinski definition) is 0. The van der Waals surface area contributed by atoms with Crippen molar-refractivity contribution in [1.29, 1.82) is 5.26 Å². The lowest BCUT2D eigenvalue weighted by Crippen LogP contribution is -2.38. The van der Waals surface area contributed by atoms with Crippen LogP contribution in [0.1, 0.15) is 42.8 Å². The maximum Gasteiger partial charge on any atom is 0.248 e. The van der Waals surface area contributed by atoms with Crippen LogP contribution in [0.25, 0.3) is 27.5 Å². The minimum atomic E-state index is -3.78. The van der Waals surface area contributed by atoms with E-state index in [-0.39, 0.29) is 6.73 Å². The highest BCUT2D eigenvalue weighted by molar-refractivity contribution is 7.91. The Morgan fingerprint density at radius 2 is 1.95 bits per heavy atom. The first kappa shape index (κ1) is 29.8. The second-order valence-corrected chi connectivity index (χ2v) is 20.5. The fourth-order valence-electron chi connectivity index (χ4n) is 5.54. The van der Waals surface area contributed by atoms with Crippen molar-refractivity contribution in [1.82, 2.24) is 13.5 Å². The maximum absolute atomic E-state index is 14.1. The predicted molar refractivity (Wildman–Crippen MR) is 174 cm³/mol. The zero-order valence-corrected chi connectivity index (χ0v) is 27.0. The standard InChI is InChI=1S/C33H38N4O3SSi/c1-23-9-8-15-33(4,20-23)41(38,39)37-16-14-28-27(12-10-24(2)31(28)37)25(3)32-35-29-13-11-26(21-34)19-30(29)36(32)22-40-17-18-42(5,6)7/h8-14,16,19-20H,3,15,17-18,22H2,1-2,4-7H3. The van der Waals surface area contributed by atoms with Gasteiger partial charge in [-0.05, 0) is 68.6 Å². The summed E-state index contributed by atoms with van der Waals surface area (Å²) in [6, 6.07) is 14.4. The average molecular weight is 599 g/mol. The van der Waals surface area contributed by atoms with Crippen molar-refractivity contribution >= 4 is 45.6 Å². The van der Waals surface area contributed by atoms with Crippen molar-refractivity contribution in [2.24, 2.45) is 0 Å². The lowest BCUT2D eigenvalue weighted by molar-refractivity contribution is 0.0893. The van der Waals surface area contributed by atoms with E-state index in [2.05, 4.69) is 32.3 Å². The molecule has 7 nitrogen and oxygen atoms in total. The number of aryl methyl sites for hydroxylation is 1. The van der Waals surface area contributed by atoms with E-state index in [0.717, 1.165) is 39.2 Å². The third-order valence-electron chi connectivity index (χ3n) is 7.99. The van der Waals surface area contributed by atoms with Gasteiger partial charge in [0.2, 0.25) is 10.0 Å². The molecular formula is C33H38N4O3SSi. The van der Waals surface area contributed by atoms with Gasteiger partial charge in [0, 0.05) is 31.8 Å². The third-order valence-corrected chi connectivity index (χ3v) is 12.0. The minimum Gasteiger partial charge on any atom is -0.361 e. The van der Waals surface area contributed by atoms with Gasteiger partial charge in [-0.25, -0.2) is 17.4 Å². The highest BCUT2D eigenvalue weighted by Gasteiger charge is 2.39. The number of imidazole rings is 1. The fourth-order valence-corrected chi connectivity index (χ4v) is 8.09. The first-order valence-electron chi connectivity index (χ1n) is 14.2. The van der Waals surface area contributed by atoms with Crippen molar-refractivity contribution in [2.75, 3.05) is 6.61 Å². The highest BCUT2D eigenvalue weighted by Crippen LogP contribution is 2.37. The number of hydrogen-bond acceptors (Lipinski definition) is 5. The van der Waals surface area contributed by atoms with Gasteiger partial charge in [-0.2, -0.15) is 5.26 Å². The molecule has 5 rings (SSSR count). The van der Waals surface area contributed by atoms with Crippen LogP contribution in [0.2, 0.25) is 25.7 Å². The summed E-state index contributed by atoms with van der Waals surface area (Å²) < 4.78 is 36.7. The van der Waals surface area contributed by atoms with Crippen molar-refractivity contribution in [2.45, 2.75) is 64.4 Å². The van der Waals surface area contributed by atoms with Gasteiger partial charge in [-0.3, -0.25) is 4.57 Å². The molecule has 0 radical (unpaired) electrons. The van der Waals surface area contributed by atoms with E-state index in [1.807, 2.05) is 67.0 Å². The Labute approximate surface area is 249 Å². The van der Waals surface area contributed by atoms with E-state index in [4.69, 9.17) is 9.72 Å². The van der Waals surface area contributed by atoms with Crippen molar-refractivity contribution in [3.05, 3.63) is 95.5 Å².